The van der Waals surface area contributed by atoms with Crippen molar-refractivity contribution in [2.24, 2.45) is 0 Å². The van der Waals surface area contributed by atoms with E-state index < -0.39 is 0 Å². The smallest absolute Gasteiger partial charge is 0.129 e. The number of anilines is 1. The van der Waals surface area contributed by atoms with Crippen LogP contribution < -0.4 is 5.32 Å². The van der Waals surface area contributed by atoms with E-state index >= 15 is 0 Å². The van der Waals surface area contributed by atoms with Gasteiger partial charge in [0, 0.05) is 18.3 Å². The van der Waals surface area contributed by atoms with Gasteiger partial charge in [0.15, 0.2) is 0 Å². The summed E-state index contributed by atoms with van der Waals surface area (Å²) in [4.78, 5) is 8.43. The number of aromatic nitrogens is 2. The van der Waals surface area contributed by atoms with Gasteiger partial charge in [-0.1, -0.05) is 38.1 Å². The first-order valence-corrected chi connectivity index (χ1v) is 6.45. The fourth-order valence-corrected chi connectivity index (χ4v) is 1.95. The molecule has 0 spiro atoms. The molecule has 0 aliphatic carbocycles. The molecule has 0 atom stereocenters. The minimum absolute atomic E-state index is 0.810. The summed E-state index contributed by atoms with van der Waals surface area (Å²) in [5, 5.41) is 3.36. The van der Waals surface area contributed by atoms with Gasteiger partial charge in [0.2, 0.25) is 0 Å². The summed E-state index contributed by atoms with van der Waals surface area (Å²) < 4.78 is 0. The van der Waals surface area contributed by atoms with E-state index in [0.29, 0.717) is 0 Å². The number of hydrogen-bond acceptors (Lipinski definition) is 3. The Morgan fingerprint density at radius 1 is 1.00 bits per heavy atom. The van der Waals surface area contributed by atoms with Gasteiger partial charge in [-0.2, -0.15) is 0 Å². The van der Waals surface area contributed by atoms with E-state index in [1.54, 1.807) is 6.33 Å². The second-order valence-electron chi connectivity index (χ2n) is 4.22. The summed E-state index contributed by atoms with van der Waals surface area (Å²) in [6, 6.07) is 10.5. The van der Waals surface area contributed by atoms with Crippen molar-refractivity contribution in [1.29, 1.82) is 0 Å². The molecule has 18 heavy (non-hydrogen) atoms. The maximum absolute atomic E-state index is 4.24. The van der Waals surface area contributed by atoms with Crippen LogP contribution in [-0.4, -0.2) is 9.97 Å². The molecule has 0 bridgehead atoms. The van der Waals surface area contributed by atoms with Gasteiger partial charge in [0.05, 0.1) is 0 Å². The summed E-state index contributed by atoms with van der Waals surface area (Å²) in [6.07, 6.45) is 3.61. The maximum Gasteiger partial charge on any atom is 0.129 e. The summed E-state index contributed by atoms with van der Waals surface area (Å²) in [5.41, 5.74) is 3.78. The maximum atomic E-state index is 4.24. The van der Waals surface area contributed by atoms with Crippen LogP contribution in [0.1, 0.15) is 30.7 Å². The van der Waals surface area contributed by atoms with Gasteiger partial charge in [0.25, 0.3) is 0 Å². The molecule has 94 valence electrons. The fourth-order valence-electron chi connectivity index (χ4n) is 1.95. The zero-order chi connectivity index (χ0) is 12.8. The van der Waals surface area contributed by atoms with Crippen LogP contribution in [0.4, 0.5) is 5.82 Å². The first-order chi connectivity index (χ1) is 8.83. The highest BCUT2D eigenvalue weighted by Crippen LogP contribution is 2.12. The predicted molar refractivity (Wildman–Crippen MR) is 74.6 cm³/mol. The molecule has 1 aromatic carbocycles. The van der Waals surface area contributed by atoms with Gasteiger partial charge in [-0.05, 0) is 24.0 Å². The SMILES string of the molecule is CCc1cc(NCc2ccccc2CC)ncn1. The van der Waals surface area contributed by atoms with Gasteiger partial charge < -0.3 is 5.32 Å². The molecule has 1 heterocycles. The average Bonchev–Trinajstić information content (AvgIpc) is 2.45. The van der Waals surface area contributed by atoms with Crippen LogP contribution in [0.3, 0.4) is 0 Å². The van der Waals surface area contributed by atoms with Gasteiger partial charge in [-0.15, -0.1) is 0 Å². The summed E-state index contributed by atoms with van der Waals surface area (Å²) in [6.45, 7) is 5.08. The van der Waals surface area contributed by atoms with Crippen molar-refractivity contribution < 1.29 is 0 Å². The van der Waals surface area contributed by atoms with Crippen molar-refractivity contribution in [3.05, 3.63) is 53.5 Å². The Kier molecular flexibility index (Phi) is 4.29. The number of aryl methyl sites for hydroxylation is 2. The van der Waals surface area contributed by atoms with Crippen LogP contribution in [0.25, 0.3) is 0 Å². The minimum atomic E-state index is 0.810. The molecular formula is C15H19N3. The molecule has 1 N–H and O–H groups in total. The molecule has 0 aliphatic heterocycles. The van der Waals surface area contributed by atoms with E-state index in [2.05, 4.69) is 53.4 Å². The molecule has 0 saturated heterocycles. The molecule has 2 rings (SSSR count). The lowest BCUT2D eigenvalue weighted by Gasteiger charge is -2.10. The van der Waals surface area contributed by atoms with Crippen molar-refractivity contribution in [1.82, 2.24) is 9.97 Å². The molecule has 0 saturated carbocycles. The lowest BCUT2D eigenvalue weighted by molar-refractivity contribution is 0.979. The molecule has 0 radical (unpaired) electrons. The van der Waals surface area contributed by atoms with Gasteiger partial charge >= 0.3 is 0 Å². The Labute approximate surface area is 108 Å². The third-order valence-corrected chi connectivity index (χ3v) is 3.05. The van der Waals surface area contributed by atoms with E-state index in [1.807, 2.05) is 6.07 Å². The number of nitrogens with zero attached hydrogens (tertiary/aromatic N) is 2. The number of rotatable bonds is 5. The monoisotopic (exact) mass is 241 g/mol. The molecule has 3 nitrogen and oxygen atoms in total. The minimum Gasteiger partial charge on any atom is -0.366 e. The number of hydrogen-bond donors (Lipinski definition) is 1. The Morgan fingerprint density at radius 3 is 2.50 bits per heavy atom. The van der Waals surface area contributed by atoms with Crippen molar-refractivity contribution >= 4 is 5.82 Å². The largest absolute Gasteiger partial charge is 0.366 e. The molecule has 0 fully saturated rings. The second kappa shape index (κ2) is 6.15. The zero-order valence-electron chi connectivity index (χ0n) is 11.0. The normalized spacial score (nSPS) is 10.3. The molecule has 0 aliphatic rings. The highest BCUT2D eigenvalue weighted by atomic mass is 15.0. The molecule has 3 heteroatoms. The molecular weight excluding hydrogens is 222 g/mol. The first-order valence-electron chi connectivity index (χ1n) is 6.45. The van der Waals surface area contributed by atoms with Gasteiger partial charge in [-0.3, -0.25) is 0 Å². The van der Waals surface area contributed by atoms with Gasteiger partial charge in [-0.25, -0.2) is 9.97 Å². The predicted octanol–water partition coefficient (Wildman–Crippen LogP) is 3.21. The van der Waals surface area contributed by atoms with Crippen molar-refractivity contribution in [3.63, 3.8) is 0 Å². The standard InChI is InChI=1S/C15H19N3/c1-3-12-7-5-6-8-13(12)10-16-15-9-14(4-2)17-11-18-15/h5-9,11H,3-4,10H2,1-2H3,(H,16,17,18). The lowest BCUT2D eigenvalue weighted by atomic mass is 10.1. The van der Waals surface area contributed by atoms with Gasteiger partial charge in [0.1, 0.15) is 12.1 Å². The highest BCUT2D eigenvalue weighted by Gasteiger charge is 2.01. The van der Waals surface area contributed by atoms with E-state index in [9.17, 15) is 0 Å². The summed E-state index contributed by atoms with van der Waals surface area (Å²) in [7, 11) is 0. The highest BCUT2D eigenvalue weighted by molar-refractivity contribution is 5.37. The Balaban J connectivity index is 2.06. The summed E-state index contributed by atoms with van der Waals surface area (Å²) >= 11 is 0. The van der Waals surface area contributed by atoms with E-state index in [1.165, 1.54) is 11.1 Å². The zero-order valence-corrected chi connectivity index (χ0v) is 11.0. The van der Waals surface area contributed by atoms with E-state index in [-0.39, 0.29) is 0 Å². The Bertz CT molecular complexity index is 509. The van der Waals surface area contributed by atoms with Crippen LogP contribution >= 0.6 is 0 Å². The van der Waals surface area contributed by atoms with E-state index in [4.69, 9.17) is 0 Å². The molecule has 2 aromatic rings. The Hall–Kier alpha value is -1.90. The van der Waals surface area contributed by atoms with Crippen LogP contribution in [0.15, 0.2) is 36.7 Å². The third kappa shape index (κ3) is 3.06. The summed E-state index contributed by atoms with van der Waals surface area (Å²) in [5.74, 6) is 0.896. The second-order valence-corrected chi connectivity index (χ2v) is 4.22. The van der Waals surface area contributed by atoms with Crippen molar-refractivity contribution in [2.45, 2.75) is 33.2 Å². The first kappa shape index (κ1) is 12.6. The van der Waals surface area contributed by atoms with Crippen LogP contribution in [-0.2, 0) is 19.4 Å². The van der Waals surface area contributed by atoms with Crippen LogP contribution in [0.2, 0.25) is 0 Å². The van der Waals surface area contributed by atoms with Crippen molar-refractivity contribution in [2.75, 3.05) is 5.32 Å². The quantitative estimate of drug-likeness (QED) is 0.873. The van der Waals surface area contributed by atoms with Crippen LogP contribution in [0, 0.1) is 0 Å². The van der Waals surface area contributed by atoms with E-state index in [0.717, 1.165) is 30.9 Å². The third-order valence-electron chi connectivity index (χ3n) is 3.05. The molecule has 1 aromatic heterocycles. The topological polar surface area (TPSA) is 37.8 Å². The average molecular weight is 241 g/mol. The van der Waals surface area contributed by atoms with Crippen LogP contribution in [0.5, 0.6) is 0 Å². The lowest BCUT2D eigenvalue weighted by Crippen LogP contribution is -2.04. The fraction of sp³-hybridized carbons (Fsp3) is 0.333. The number of nitrogens with one attached hydrogen (secondary N) is 1. The number of benzene rings is 1. The molecule has 0 unspecified atom stereocenters. The van der Waals surface area contributed by atoms with Crippen molar-refractivity contribution in [3.8, 4) is 0 Å². The molecule has 0 amide bonds. The Morgan fingerprint density at radius 2 is 1.78 bits per heavy atom.